The van der Waals surface area contributed by atoms with E-state index in [9.17, 15) is 14.9 Å². The second-order valence-corrected chi connectivity index (χ2v) is 7.02. The number of imide groups is 1. The molecule has 1 N–H and O–H groups in total. The highest BCUT2D eigenvalue weighted by atomic mass is 16.2. The van der Waals surface area contributed by atoms with Crippen LogP contribution >= 0.6 is 0 Å². The van der Waals surface area contributed by atoms with Crippen LogP contribution in [-0.2, 0) is 16.9 Å². The fourth-order valence-electron chi connectivity index (χ4n) is 3.48. The molecule has 0 saturated carbocycles. The first-order valence-corrected chi connectivity index (χ1v) is 9.17. The van der Waals surface area contributed by atoms with E-state index >= 15 is 0 Å². The molecule has 0 aliphatic carbocycles. The van der Waals surface area contributed by atoms with Gasteiger partial charge in [0.05, 0.1) is 23.9 Å². The summed E-state index contributed by atoms with van der Waals surface area (Å²) in [6, 6.07) is 21.9. The van der Waals surface area contributed by atoms with Crippen molar-refractivity contribution < 1.29 is 9.59 Å². The lowest BCUT2D eigenvalue weighted by atomic mass is 9.97. The molecule has 0 unspecified atom stereocenters. The SMILES string of the molecule is C[C@@]1(c2ccccn2)NC(=O)N(Cc2ccc(-c3ccccc3C#N)cc2)C1=O. The molecule has 0 spiro atoms. The maximum Gasteiger partial charge on any atom is 0.325 e. The molecule has 2 aromatic carbocycles. The van der Waals surface area contributed by atoms with Gasteiger partial charge in [0, 0.05) is 6.20 Å². The van der Waals surface area contributed by atoms with E-state index in [4.69, 9.17) is 0 Å². The lowest BCUT2D eigenvalue weighted by molar-refractivity contribution is -0.131. The minimum absolute atomic E-state index is 0.160. The van der Waals surface area contributed by atoms with Crippen molar-refractivity contribution >= 4 is 11.9 Å². The van der Waals surface area contributed by atoms with E-state index in [2.05, 4.69) is 16.4 Å². The summed E-state index contributed by atoms with van der Waals surface area (Å²) >= 11 is 0. The number of hydrogen-bond donors (Lipinski definition) is 1. The Morgan fingerprint density at radius 2 is 1.76 bits per heavy atom. The second kappa shape index (κ2) is 7.21. The van der Waals surface area contributed by atoms with Gasteiger partial charge in [0.1, 0.15) is 0 Å². The van der Waals surface area contributed by atoms with E-state index < -0.39 is 11.6 Å². The molecule has 6 heteroatoms. The first-order valence-electron chi connectivity index (χ1n) is 9.17. The molecule has 4 rings (SSSR count). The van der Waals surface area contributed by atoms with E-state index in [1.807, 2.05) is 42.5 Å². The van der Waals surface area contributed by atoms with Crippen molar-refractivity contribution in [3.05, 3.63) is 89.7 Å². The molecule has 29 heavy (non-hydrogen) atoms. The van der Waals surface area contributed by atoms with Crippen LogP contribution in [0.3, 0.4) is 0 Å². The summed E-state index contributed by atoms with van der Waals surface area (Å²) in [7, 11) is 0. The smallest absolute Gasteiger partial charge is 0.318 e. The molecule has 142 valence electrons. The standard InChI is InChI=1S/C23H18N4O2/c1-23(20-8-4-5-13-25-20)21(28)27(22(29)26-23)15-16-9-11-17(12-10-16)19-7-3-2-6-18(19)14-24/h2-13H,15H2,1H3,(H,26,29)/t23-/m0/s1. The molecule has 1 aliphatic rings. The van der Waals surface area contributed by atoms with Crippen LogP contribution < -0.4 is 5.32 Å². The Bertz CT molecular complexity index is 1120. The number of rotatable bonds is 4. The van der Waals surface area contributed by atoms with Crippen LogP contribution in [0.1, 0.15) is 23.7 Å². The van der Waals surface area contributed by atoms with Crippen LogP contribution in [0.15, 0.2) is 72.9 Å². The largest absolute Gasteiger partial charge is 0.325 e. The van der Waals surface area contributed by atoms with Crippen molar-refractivity contribution in [3.63, 3.8) is 0 Å². The molecule has 3 amide bonds. The molecule has 3 aromatic rings. The number of hydrogen-bond acceptors (Lipinski definition) is 4. The molecule has 1 atom stereocenters. The second-order valence-electron chi connectivity index (χ2n) is 7.02. The Labute approximate surface area is 168 Å². The summed E-state index contributed by atoms with van der Waals surface area (Å²) in [4.78, 5) is 30.9. The molecule has 1 saturated heterocycles. The zero-order valence-electron chi connectivity index (χ0n) is 15.8. The summed E-state index contributed by atoms with van der Waals surface area (Å²) in [6.45, 7) is 1.82. The van der Waals surface area contributed by atoms with Crippen LogP contribution in [0, 0.1) is 11.3 Å². The topological polar surface area (TPSA) is 86.1 Å². The average Bonchev–Trinajstić information content (AvgIpc) is 2.99. The molecular formula is C23H18N4O2. The highest BCUT2D eigenvalue weighted by Gasteiger charge is 2.49. The molecule has 0 radical (unpaired) electrons. The van der Waals surface area contributed by atoms with Gasteiger partial charge >= 0.3 is 6.03 Å². The van der Waals surface area contributed by atoms with Gasteiger partial charge in [0.2, 0.25) is 0 Å². The lowest BCUT2D eigenvalue weighted by Gasteiger charge is -2.21. The van der Waals surface area contributed by atoms with Gasteiger partial charge in [-0.1, -0.05) is 48.5 Å². The Hall–Kier alpha value is -3.98. The van der Waals surface area contributed by atoms with E-state index in [1.54, 1.807) is 37.4 Å². The average molecular weight is 382 g/mol. The molecule has 1 aliphatic heterocycles. The maximum absolute atomic E-state index is 13.0. The van der Waals surface area contributed by atoms with Gasteiger partial charge in [-0.2, -0.15) is 5.26 Å². The van der Waals surface area contributed by atoms with Gasteiger partial charge in [-0.05, 0) is 41.8 Å². The normalized spacial score (nSPS) is 18.4. The van der Waals surface area contributed by atoms with E-state index in [0.717, 1.165) is 16.7 Å². The fourth-order valence-corrected chi connectivity index (χ4v) is 3.48. The van der Waals surface area contributed by atoms with Crippen LogP contribution in [0.5, 0.6) is 0 Å². The van der Waals surface area contributed by atoms with Gasteiger partial charge in [0.25, 0.3) is 5.91 Å². The Morgan fingerprint density at radius 1 is 1.03 bits per heavy atom. The van der Waals surface area contributed by atoms with Gasteiger partial charge in [-0.15, -0.1) is 0 Å². The van der Waals surface area contributed by atoms with Crippen LogP contribution in [0.25, 0.3) is 11.1 Å². The Balaban J connectivity index is 1.56. The monoisotopic (exact) mass is 382 g/mol. The Morgan fingerprint density at radius 3 is 2.45 bits per heavy atom. The summed E-state index contributed by atoms with van der Waals surface area (Å²) in [6.07, 6.45) is 1.60. The number of amides is 3. The minimum atomic E-state index is -1.18. The predicted octanol–water partition coefficient (Wildman–Crippen LogP) is 3.59. The van der Waals surface area contributed by atoms with Crippen LogP contribution in [0.2, 0.25) is 0 Å². The van der Waals surface area contributed by atoms with Crippen molar-refractivity contribution in [2.24, 2.45) is 0 Å². The summed E-state index contributed by atoms with van der Waals surface area (Å²) < 4.78 is 0. The van der Waals surface area contributed by atoms with E-state index in [0.29, 0.717) is 11.3 Å². The quantitative estimate of drug-likeness (QED) is 0.699. The third kappa shape index (κ3) is 3.23. The number of nitrogens with one attached hydrogen (secondary N) is 1. The summed E-state index contributed by atoms with van der Waals surface area (Å²) in [5.74, 6) is -0.333. The minimum Gasteiger partial charge on any atom is -0.318 e. The van der Waals surface area contributed by atoms with Crippen molar-refractivity contribution in [1.29, 1.82) is 5.26 Å². The highest BCUT2D eigenvalue weighted by Crippen LogP contribution is 2.29. The number of benzene rings is 2. The van der Waals surface area contributed by atoms with Crippen molar-refractivity contribution in [2.75, 3.05) is 0 Å². The van der Waals surface area contributed by atoms with Gasteiger partial charge in [-0.3, -0.25) is 14.7 Å². The van der Waals surface area contributed by atoms with Crippen LogP contribution in [-0.4, -0.2) is 21.8 Å². The van der Waals surface area contributed by atoms with Crippen LogP contribution in [0.4, 0.5) is 4.79 Å². The van der Waals surface area contributed by atoms with Crippen molar-refractivity contribution in [3.8, 4) is 17.2 Å². The Kier molecular flexibility index (Phi) is 4.57. The molecule has 6 nitrogen and oxygen atoms in total. The number of urea groups is 1. The van der Waals surface area contributed by atoms with E-state index in [1.165, 1.54) is 4.90 Å². The number of carbonyl (C=O) groups excluding carboxylic acids is 2. The van der Waals surface area contributed by atoms with Gasteiger partial charge in [-0.25, -0.2) is 4.79 Å². The summed E-state index contributed by atoms with van der Waals surface area (Å²) in [5.41, 5.74) is 2.49. The summed E-state index contributed by atoms with van der Waals surface area (Å²) in [5, 5.41) is 12.0. The predicted molar refractivity (Wildman–Crippen MR) is 107 cm³/mol. The zero-order valence-corrected chi connectivity index (χ0v) is 15.8. The maximum atomic E-state index is 13.0. The zero-order chi connectivity index (χ0) is 20.4. The van der Waals surface area contributed by atoms with Crippen molar-refractivity contribution in [2.45, 2.75) is 19.0 Å². The molecule has 1 aromatic heterocycles. The molecule has 2 heterocycles. The third-order valence-electron chi connectivity index (χ3n) is 5.11. The molecule has 1 fully saturated rings. The first-order chi connectivity index (χ1) is 14.0. The van der Waals surface area contributed by atoms with Gasteiger partial charge in [0.15, 0.2) is 5.54 Å². The third-order valence-corrected chi connectivity index (χ3v) is 5.11. The molecule has 0 bridgehead atoms. The number of carbonyl (C=O) groups is 2. The highest BCUT2D eigenvalue weighted by molar-refractivity contribution is 6.06. The van der Waals surface area contributed by atoms with Crippen molar-refractivity contribution in [1.82, 2.24) is 15.2 Å². The lowest BCUT2D eigenvalue weighted by Crippen LogP contribution is -2.41. The number of pyridine rings is 1. The van der Waals surface area contributed by atoms with E-state index in [-0.39, 0.29) is 12.5 Å². The first kappa shape index (κ1) is 18.4. The fraction of sp³-hybridized carbons (Fsp3) is 0.130. The number of aromatic nitrogens is 1. The molecular weight excluding hydrogens is 364 g/mol. The number of nitrogens with zero attached hydrogens (tertiary/aromatic N) is 3. The number of nitriles is 1. The van der Waals surface area contributed by atoms with Gasteiger partial charge < -0.3 is 5.32 Å².